The molecule has 3 N–H and O–H groups in total. The Kier molecular flexibility index (Phi) is 2.22. The summed E-state index contributed by atoms with van der Waals surface area (Å²) < 4.78 is 4.67. The zero-order valence-corrected chi connectivity index (χ0v) is 5.45. The average molecular weight is 143 g/mol. The summed E-state index contributed by atoms with van der Waals surface area (Å²) in [5.74, 6) is 0.625. The number of aromatic nitrogens is 2. The minimum absolute atomic E-state index is 0.127. The molecule has 5 nitrogen and oxygen atoms in total. The first kappa shape index (κ1) is 7.01. The molecule has 1 aromatic rings. The van der Waals surface area contributed by atoms with E-state index in [2.05, 4.69) is 14.7 Å². The number of aliphatic hydroxyl groups is 1. The summed E-state index contributed by atoms with van der Waals surface area (Å²) in [4.78, 5) is 3.74. The molecule has 1 rings (SSSR count). The van der Waals surface area contributed by atoms with Gasteiger partial charge < -0.3 is 15.4 Å². The van der Waals surface area contributed by atoms with Crippen molar-refractivity contribution in [2.75, 3.05) is 12.3 Å². The van der Waals surface area contributed by atoms with Gasteiger partial charge in [-0.05, 0) is 11.6 Å². The van der Waals surface area contributed by atoms with Crippen molar-refractivity contribution in [3.8, 4) is 0 Å². The van der Waals surface area contributed by atoms with Crippen LogP contribution in [-0.4, -0.2) is 21.9 Å². The first-order valence-electron chi connectivity index (χ1n) is 3.02. The highest BCUT2D eigenvalue weighted by Crippen LogP contribution is 2.00. The van der Waals surface area contributed by atoms with Crippen molar-refractivity contribution in [2.24, 2.45) is 0 Å². The summed E-state index contributed by atoms with van der Waals surface area (Å²) >= 11 is 0. The Hall–Kier alpha value is -1.10. The van der Waals surface area contributed by atoms with Crippen molar-refractivity contribution in [3.05, 3.63) is 5.89 Å². The molecule has 0 aliphatic heterocycles. The van der Waals surface area contributed by atoms with Crippen LogP contribution >= 0.6 is 0 Å². The van der Waals surface area contributed by atoms with Crippen molar-refractivity contribution in [2.45, 2.75) is 12.8 Å². The van der Waals surface area contributed by atoms with Crippen LogP contribution in [0.5, 0.6) is 0 Å². The van der Waals surface area contributed by atoms with E-state index >= 15 is 0 Å². The van der Waals surface area contributed by atoms with Gasteiger partial charge in [0.15, 0.2) is 0 Å². The molecule has 0 fully saturated rings. The number of nitrogens with two attached hydrogens (primary N) is 1. The topological polar surface area (TPSA) is 85.2 Å². The van der Waals surface area contributed by atoms with Crippen LogP contribution in [0.3, 0.4) is 0 Å². The molecule has 0 amide bonds. The zero-order chi connectivity index (χ0) is 7.40. The molecule has 0 radical (unpaired) electrons. The van der Waals surface area contributed by atoms with Crippen LogP contribution in [0.4, 0.5) is 5.95 Å². The van der Waals surface area contributed by atoms with Crippen molar-refractivity contribution in [1.29, 1.82) is 0 Å². The molecule has 0 saturated heterocycles. The monoisotopic (exact) mass is 143 g/mol. The highest BCUT2D eigenvalue weighted by molar-refractivity contribution is 5.10. The van der Waals surface area contributed by atoms with E-state index in [-0.39, 0.29) is 12.6 Å². The molecule has 0 spiro atoms. The van der Waals surface area contributed by atoms with E-state index in [1.54, 1.807) is 0 Å². The van der Waals surface area contributed by atoms with Gasteiger partial charge in [0.1, 0.15) is 0 Å². The van der Waals surface area contributed by atoms with Crippen molar-refractivity contribution >= 4 is 5.95 Å². The molecule has 0 aliphatic rings. The number of hydrogen-bond acceptors (Lipinski definition) is 5. The third-order valence-corrected chi connectivity index (χ3v) is 1.03. The Morgan fingerprint density at radius 1 is 1.60 bits per heavy atom. The van der Waals surface area contributed by atoms with Crippen molar-refractivity contribution in [3.63, 3.8) is 0 Å². The van der Waals surface area contributed by atoms with Gasteiger partial charge in [-0.25, -0.2) is 0 Å². The molecule has 10 heavy (non-hydrogen) atoms. The number of nitrogen functional groups attached to an aromatic ring is 1. The number of hydrogen-bond donors (Lipinski definition) is 2. The maximum Gasteiger partial charge on any atom is 0.260 e. The van der Waals surface area contributed by atoms with Crippen LogP contribution in [0.25, 0.3) is 0 Å². The summed E-state index contributed by atoms with van der Waals surface area (Å²) in [7, 11) is 0. The van der Waals surface area contributed by atoms with E-state index in [0.29, 0.717) is 18.7 Å². The number of anilines is 1. The normalized spacial score (nSPS) is 10.1. The Balaban J connectivity index is 2.42. The van der Waals surface area contributed by atoms with Crippen LogP contribution in [0.2, 0.25) is 0 Å². The molecule has 0 unspecified atom stereocenters. The summed E-state index contributed by atoms with van der Waals surface area (Å²) in [5.41, 5.74) is 5.17. The second-order valence-electron chi connectivity index (χ2n) is 1.87. The quantitative estimate of drug-likeness (QED) is 0.600. The Morgan fingerprint density at radius 2 is 2.40 bits per heavy atom. The summed E-state index contributed by atoms with van der Waals surface area (Å²) in [6, 6.07) is 0. The lowest BCUT2D eigenvalue weighted by molar-refractivity contribution is 0.278. The van der Waals surface area contributed by atoms with Crippen LogP contribution < -0.4 is 5.73 Å². The molecule has 1 aromatic heterocycles. The maximum atomic E-state index is 8.41. The molecule has 5 heteroatoms. The van der Waals surface area contributed by atoms with Crippen molar-refractivity contribution < 1.29 is 9.63 Å². The van der Waals surface area contributed by atoms with Crippen molar-refractivity contribution in [1.82, 2.24) is 10.1 Å². The fraction of sp³-hybridized carbons (Fsp3) is 0.600. The van der Waals surface area contributed by atoms with Gasteiger partial charge in [0, 0.05) is 13.0 Å². The summed E-state index contributed by atoms with van der Waals surface area (Å²) in [6.07, 6.45) is 1.21. The first-order chi connectivity index (χ1) is 4.83. The fourth-order valence-electron chi connectivity index (χ4n) is 0.600. The smallest absolute Gasteiger partial charge is 0.260 e. The van der Waals surface area contributed by atoms with Gasteiger partial charge in [0.25, 0.3) is 5.95 Å². The molecule has 1 heterocycles. The molecular formula is C5H9N3O2. The molecule has 0 aromatic carbocycles. The van der Waals surface area contributed by atoms with Crippen LogP contribution in [0.15, 0.2) is 4.52 Å². The molecular weight excluding hydrogens is 134 g/mol. The fourth-order valence-corrected chi connectivity index (χ4v) is 0.600. The first-order valence-corrected chi connectivity index (χ1v) is 3.02. The molecule has 0 aliphatic carbocycles. The van der Waals surface area contributed by atoms with Crippen LogP contribution in [0.1, 0.15) is 12.3 Å². The predicted octanol–water partition coefficient (Wildman–Crippen LogP) is -0.423. The largest absolute Gasteiger partial charge is 0.396 e. The Bertz CT molecular complexity index is 199. The molecule has 56 valence electrons. The maximum absolute atomic E-state index is 8.41. The molecule has 0 atom stereocenters. The van der Waals surface area contributed by atoms with E-state index in [9.17, 15) is 0 Å². The van der Waals surface area contributed by atoms with Gasteiger partial charge in [-0.1, -0.05) is 0 Å². The van der Waals surface area contributed by atoms with Crippen LogP contribution in [-0.2, 0) is 6.42 Å². The third kappa shape index (κ3) is 1.70. The zero-order valence-electron chi connectivity index (χ0n) is 5.45. The minimum atomic E-state index is 0.127. The van der Waals surface area contributed by atoms with E-state index in [1.807, 2.05) is 0 Å². The SMILES string of the molecule is Nc1noc(CCCO)n1. The van der Waals surface area contributed by atoms with Gasteiger partial charge in [-0.15, -0.1) is 0 Å². The van der Waals surface area contributed by atoms with E-state index in [4.69, 9.17) is 10.8 Å². The van der Waals surface area contributed by atoms with Gasteiger partial charge in [0.2, 0.25) is 5.89 Å². The second-order valence-corrected chi connectivity index (χ2v) is 1.87. The Morgan fingerprint density at radius 3 is 2.90 bits per heavy atom. The highest BCUT2D eigenvalue weighted by Gasteiger charge is 2.00. The van der Waals surface area contributed by atoms with Gasteiger partial charge >= 0.3 is 0 Å². The predicted molar refractivity (Wildman–Crippen MR) is 34.1 cm³/mol. The minimum Gasteiger partial charge on any atom is -0.396 e. The standard InChI is InChI=1S/C5H9N3O2/c6-5-7-4(10-8-5)2-1-3-9/h9H,1-3H2,(H2,6,8). The highest BCUT2D eigenvalue weighted by atomic mass is 16.5. The summed E-state index contributed by atoms with van der Waals surface area (Å²) in [5, 5.41) is 11.8. The Labute approximate surface area is 57.8 Å². The number of nitrogens with zero attached hydrogens (tertiary/aromatic N) is 2. The number of rotatable bonds is 3. The molecule has 0 bridgehead atoms. The average Bonchev–Trinajstić information content (AvgIpc) is 2.31. The number of aliphatic hydroxyl groups excluding tert-OH is 1. The molecule has 0 saturated carbocycles. The summed E-state index contributed by atoms with van der Waals surface area (Å²) in [6.45, 7) is 0.127. The third-order valence-electron chi connectivity index (χ3n) is 1.03. The van der Waals surface area contributed by atoms with E-state index < -0.39 is 0 Å². The van der Waals surface area contributed by atoms with Gasteiger partial charge in [-0.3, -0.25) is 0 Å². The lowest BCUT2D eigenvalue weighted by Gasteiger charge is -1.86. The van der Waals surface area contributed by atoms with E-state index in [0.717, 1.165) is 0 Å². The van der Waals surface area contributed by atoms with Crippen LogP contribution in [0, 0.1) is 0 Å². The number of aryl methyl sites for hydroxylation is 1. The second kappa shape index (κ2) is 3.17. The van der Waals surface area contributed by atoms with Gasteiger partial charge in [0.05, 0.1) is 0 Å². The van der Waals surface area contributed by atoms with E-state index in [1.165, 1.54) is 0 Å². The lowest BCUT2D eigenvalue weighted by atomic mass is 10.3. The van der Waals surface area contributed by atoms with Gasteiger partial charge in [-0.2, -0.15) is 4.98 Å². The lowest BCUT2D eigenvalue weighted by Crippen LogP contribution is -1.90.